The van der Waals surface area contributed by atoms with E-state index in [9.17, 15) is 33.1 Å². The number of urea groups is 2. The van der Waals surface area contributed by atoms with Crippen LogP contribution in [0.15, 0.2) is 30.3 Å². The number of halogens is 2. The van der Waals surface area contributed by atoms with E-state index in [1.807, 2.05) is 0 Å². The van der Waals surface area contributed by atoms with Crippen LogP contribution in [-0.4, -0.2) is 58.1 Å². The maximum absolute atomic E-state index is 14.9. The predicted molar refractivity (Wildman–Crippen MR) is 138 cm³/mol. The minimum absolute atomic E-state index is 0.0192. The van der Waals surface area contributed by atoms with Gasteiger partial charge >= 0.3 is 12.1 Å². The number of hydrogen-bond donors (Lipinski definition) is 4. The van der Waals surface area contributed by atoms with Crippen LogP contribution in [0, 0.1) is 17.6 Å². The van der Waals surface area contributed by atoms with E-state index in [1.165, 1.54) is 30.1 Å². The van der Waals surface area contributed by atoms with E-state index in [0.717, 1.165) is 23.8 Å². The number of amides is 6. The van der Waals surface area contributed by atoms with Crippen LogP contribution >= 0.6 is 0 Å². The highest BCUT2D eigenvalue weighted by Crippen LogP contribution is 2.47. The standard InChI is InChI=1S/C28H29F2N5O5/c1-31-25(38)32-22-11-16-6-8-27(20(16)12-21(22)30)24(37)34(26(39)33-27)14-23(36)35-13-17-2-5-19(29)10-15(17)7-9-28(35,40)18-3-4-18/h2,5,10-12,18,40H,3-4,6-9,13-14H2,1H3,(H,33,39)(H2,31,32,38)/t27?,28-/m0/s1. The second kappa shape index (κ2) is 9.26. The van der Waals surface area contributed by atoms with Gasteiger partial charge in [-0.1, -0.05) is 6.07 Å². The Morgan fingerprint density at radius 3 is 2.55 bits per heavy atom. The first-order valence-corrected chi connectivity index (χ1v) is 13.3. The highest BCUT2D eigenvalue weighted by molar-refractivity contribution is 6.10. The maximum Gasteiger partial charge on any atom is 0.325 e. The monoisotopic (exact) mass is 553 g/mol. The molecule has 2 aromatic rings. The van der Waals surface area contributed by atoms with Crippen LogP contribution in [0.1, 0.15) is 47.9 Å². The molecule has 2 atom stereocenters. The van der Waals surface area contributed by atoms with Crippen molar-refractivity contribution in [2.75, 3.05) is 18.9 Å². The average Bonchev–Trinajstić information content (AvgIpc) is 3.71. The highest BCUT2D eigenvalue weighted by atomic mass is 19.1. The van der Waals surface area contributed by atoms with Crippen molar-refractivity contribution in [2.24, 2.45) is 5.92 Å². The van der Waals surface area contributed by atoms with Gasteiger partial charge in [0.05, 0.1) is 5.69 Å². The fraction of sp³-hybridized carbons (Fsp3) is 0.429. The number of aliphatic hydroxyl groups is 1. The van der Waals surface area contributed by atoms with Crippen LogP contribution < -0.4 is 16.0 Å². The third-order valence-electron chi connectivity index (χ3n) is 8.63. The molecule has 2 aromatic carbocycles. The van der Waals surface area contributed by atoms with Crippen molar-refractivity contribution in [3.63, 3.8) is 0 Å². The Bertz CT molecular complexity index is 1460. The van der Waals surface area contributed by atoms with Crippen molar-refractivity contribution in [1.82, 2.24) is 20.4 Å². The lowest BCUT2D eigenvalue weighted by Crippen LogP contribution is -2.55. The van der Waals surface area contributed by atoms with Crippen molar-refractivity contribution in [3.05, 3.63) is 64.2 Å². The van der Waals surface area contributed by atoms with Crippen LogP contribution in [0.25, 0.3) is 0 Å². The summed E-state index contributed by atoms with van der Waals surface area (Å²) in [6.07, 6.45) is 2.56. The number of imide groups is 1. The quantitative estimate of drug-likeness (QED) is 0.432. The van der Waals surface area contributed by atoms with Gasteiger partial charge in [-0.2, -0.15) is 0 Å². The Balaban J connectivity index is 1.27. The molecule has 1 spiro atoms. The molecule has 0 radical (unpaired) electrons. The maximum atomic E-state index is 14.9. The normalized spacial score (nSPS) is 25.4. The molecular formula is C28H29F2N5O5. The van der Waals surface area contributed by atoms with Crippen molar-refractivity contribution >= 4 is 29.6 Å². The van der Waals surface area contributed by atoms with Crippen LogP contribution in [0.4, 0.5) is 24.1 Å². The zero-order valence-corrected chi connectivity index (χ0v) is 21.9. The molecule has 40 heavy (non-hydrogen) atoms. The minimum atomic E-state index is -1.53. The first-order valence-electron chi connectivity index (χ1n) is 13.3. The number of hydrogen-bond acceptors (Lipinski definition) is 5. The smallest absolute Gasteiger partial charge is 0.325 e. The van der Waals surface area contributed by atoms with Gasteiger partial charge in [-0.3, -0.25) is 14.5 Å². The minimum Gasteiger partial charge on any atom is -0.370 e. The molecule has 0 bridgehead atoms. The fourth-order valence-corrected chi connectivity index (χ4v) is 6.32. The van der Waals surface area contributed by atoms with Gasteiger partial charge in [-0.15, -0.1) is 0 Å². The van der Waals surface area contributed by atoms with E-state index in [2.05, 4.69) is 16.0 Å². The molecule has 4 N–H and O–H groups in total. The first kappa shape index (κ1) is 26.2. The van der Waals surface area contributed by atoms with Gasteiger partial charge in [0.1, 0.15) is 29.4 Å². The first-order chi connectivity index (χ1) is 19.1. The molecule has 4 aliphatic rings. The molecule has 1 unspecified atom stereocenters. The lowest BCUT2D eigenvalue weighted by molar-refractivity contribution is -0.170. The Hall–Kier alpha value is -4.06. The summed E-state index contributed by atoms with van der Waals surface area (Å²) in [4.78, 5) is 54.3. The largest absolute Gasteiger partial charge is 0.370 e. The summed E-state index contributed by atoms with van der Waals surface area (Å²) in [5, 5.41) is 19.1. The number of nitrogens with zero attached hydrogens (tertiary/aromatic N) is 2. The number of benzene rings is 2. The Morgan fingerprint density at radius 1 is 1.07 bits per heavy atom. The van der Waals surface area contributed by atoms with Gasteiger partial charge in [0.2, 0.25) is 5.91 Å². The Labute approximate surface area is 228 Å². The molecule has 1 saturated carbocycles. The van der Waals surface area contributed by atoms with E-state index in [4.69, 9.17) is 0 Å². The zero-order chi connectivity index (χ0) is 28.4. The van der Waals surface area contributed by atoms with Gasteiger partial charge in [0.15, 0.2) is 0 Å². The molecule has 12 heteroatoms. The Morgan fingerprint density at radius 2 is 1.82 bits per heavy atom. The number of fused-ring (bicyclic) bond motifs is 3. The second-order valence-corrected chi connectivity index (χ2v) is 11.0. The predicted octanol–water partition coefficient (Wildman–Crippen LogP) is 2.48. The van der Waals surface area contributed by atoms with Gasteiger partial charge in [0.25, 0.3) is 5.91 Å². The van der Waals surface area contributed by atoms with Crippen LogP contribution in [-0.2, 0) is 34.5 Å². The number of rotatable bonds is 4. The number of aryl methyl sites for hydroxylation is 2. The third kappa shape index (κ3) is 4.09. The SMILES string of the molecule is CNC(=O)Nc1cc2c(cc1F)C1(CC2)NC(=O)N(CC(=O)N2Cc3ccc(F)cc3CC[C@]2(O)C2CC2)C1=O. The summed E-state index contributed by atoms with van der Waals surface area (Å²) in [5.41, 5.74) is -0.801. The van der Waals surface area contributed by atoms with Gasteiger partial charge in [0, 0.05) is 19.5 Å². The van der Waals surface area contributed by atoms with Crippen molar-refractivity contribution in [3.8, 4) is 0 Å². The third-order valence-corrected chi connectivity index (χ3v) is 8.63. The molecule has 10 nitrogen and oxygen atoms in total. The second-order valence-electron chi connectivity index (χ2n) is 11.0. The van der Waals surface area contributed by atoms with Crippen molar-refractivity contribution in [1.29, 1.82) is 0 Å². The summed E-state index contributed by atoms with van der Waals surface area (Å²) in [7, 11) is 1.40. The van der Waals surface area contributed by atoms with Gasteiger partial charge in [-0.05, 0) is 85.0 Å². The highest BCUT2D eigenvalue weighted by Gasteiger charge is 2.57. The van der Waals surface area contributed by atoms with Gasteiger partial charge < -0.3 is 26.0 Å². The molecule has 1 saturated heterocycles. The number of nitrogens with one attached hydrogen (secondary N) is 3. The molecule has 2 fully saturated rings. The van der Waals surface area contributed by atoms with Gasteiger partial charge in [-0.25, -0.2) is 18.4 Å². The molecule has 0 aromatic heterocycles. The lowest BCUT2D eigenvalue weighted by atomic mass is 9.91. The molecule has 6 amide bonds. The van der Waals surface area contributed by atoms with E-state index in [1.54, 1.807) is 6.07 Å². The molecule has 6 rings (SSSR count). The van der Waals surface area contributed by atoms with Crippen LogP contribution in [0.5, 0.6) is 0 Å². The number of carbonyl (C=O) groups is 4. The van der Waals surface area contributed by atoms with Crippen LogP contribution in [0.2, 0.25) is 0 Å². The summed E-state index contributed by atoms with van der Waals surface area (Å²) in [6, 6.07) is 5.48. The summed E-state index contributed by atoms with van der Waals surface area (Å²) in [6.45, 7) is -0.586. The van der Waals surface area contributed by atoms with Crippen molar-refractivity contribution in [2.45, 2.75) is 56.3 Å². The van der Waals surface area contributed by atoms with Crippen LogP contribution in [0.3, 0.4) is 0 Å². The van der Waals surface area contributed by atoms with E-state index < -0.39 is 53.3 Å². The number of carbonyl (C=O) groups excluding carboxylic acids is 4. The van der Waals surface area contributed by atoms with E-state index in [0.29, 0.717) is 29.5 Å². The summed E-state index contributed by atoms with van der Waals surface area (Å²) < 4.78 is 28.8. The van der Waals surface area contributed by atoms with Crippen molar-refractivity contribution < 1.29 is 33.1 Å². The lowest BCUT2D eigenvalue weighted by Gasteiger charge is -2.39. The molecule has 210 valence electrons. The van der Waals surface area contributed by atoms with E-state index >= 15 is 0 Å². The van der Waals surface area contributed by atoms with E-state index in [-0.39, 0.29) is 36.6 Å². The molecule has 2 aliphatic heterocycles. The zero-order valence-electron chi connectivity index (χ0n) is 21.9. The molecular weight excluding hydrogens is 524 g/mol. The fourth-order valence-electron chi connectivity index (χ4n) is 6.32. The molecule has 2 aliphatic carbocycles. The molecule has 2 heterocycles. The number of anilines is 1. The average molecular weight is 554 g/mol. The topological polar surface area (TPSA) is 131 Å². The summed E-state index contributed by atoms with van der Waals surface area (Å²) in [5.74, 6) is -2.60. The summed E-state index contributed by atoms with van der Waals surface area (Å²) >= 11 is 0. The Kier molecular flexibility index (Phi) is 6.06.